The van der Waals surface area contributed by atoms with Gasteiger partial charge in [0.15, 0.2) is 5.16 Å². The minimum absolute atomic E-state index is 0.124. The Morgan fingerprint density at radius 3 is 2.67 bits per heavy atom. The van der Waals surface area contributed by atoms with Gasteiger partial charge in [-0.15, -0.1) is 0 Å². The van der Waals surface area contributed by atoms with Crippen LogP contribution in [0.15, 0.2) is 76.8 Å². The second-order valence-electron chi connectivity index (χ2n) is 7.24. The van der Waals surface area contributed by atoms with Gasteiger partial charge in [0.2, 0.25) is 5.91 Å². The zero-order valence-electron chi connectivity index (χ0n) is 17.5. The Balaban J connectivity index is 1.53. The van der Waals surface area contributed by atoms with Crippen LogP contribution in [0, 0.1) is 0 Å². The minimum atomic E-state index is -0.166. The predicted octanol–water partition coefficient (Wildman–Crippen LogP) is 4.75. The van der Waals surface area contributed by atoms with Crippen LogP contribution in [0.1, 0.15) is 11.3 Å². The zero-order chi connectivity index (χ0) is 23.2. The van der Waals surface area contributed by atoms with E-state index in [1.807, 2.05) is 36.4 Å². The summed E-state index contributed by atoms with van der Waals surface area (Å²) in [6.07, 6.45) is 2.20. The molecule has 0 bridgehead atoms. The highest BCUT2D eigenvalue weighted by molar-refractivity contribution is 7.99. The first-order valence-corrected chi connectivity index (χ1v) is 12.0. The maximum Gasteiger partial charge on any atom is 0.262 e. The molecule has 6 nitrogen and oxygen atoms in total. The molecule has 2 aromatic heterocycles. The molecule has 0 saturated carbocycles. The van der Waals surface area contributed by atoms with Crippen molar-refractivity contribution >= 4 is 51.8 Å². The summed E-state index contributed by atoms with van der Waals surface area (Å²) >= 11 is 13.5. The molecule has 2 aromatic carbocycles. The largest absolute Gasteiger partial charge is 0.350 e. The first-order valence-electron chi connectivity index (χ1n) is 10.2. The van der Waals surface area contributed by atoms with Crippen molar-refractivity contribution in [2.45, 2.75) is 24.7 Å². The molecule has 0 atom stereocenters. The SMILES string of the molecule is O=C(CSc1nc2ccccc2c(=O)n1CCc1ccc(Cl)cc1Cl)NCc1ccccn1. The maximum atomic E-state index is 13.2. The van der Waals surface area contributed by atoms with Gasteiger partial charge in [-0.2, -0.15) is 0 Å². The number of fused-ring (bicyclic) bond motifs is 1. The Morgan fingerprint density at radius 1 is 1.06 bits per heavy atom. The van der Waals surface area contributed by atoms with Crippen LogP contribution < -0.4 is 10.9 Å². The summed E-state index contributed by atoms with van der Waals surface area (Å²) in [6, 6.07) is 18.0. The van der Waals surface area contributed by atoms with Gasteiger partial charge in [-0.05, 0) is 48.4 Å². The summed E-state index contributed by atoms with van der Waals surface area (Å²) in [5.41, 5.74) is 2.10. The van der Waals surface area contributed by atoms with E-state index in [2.05, 4.69) is 15.3 Å². The fourth-order valence-corrected chi connectivity index (χ4v) is 4.64. The molecule has 2 heterocycles. The number of benzene rings is 2. The van der Waals surface area contributed by atoms with E-state index in [1.165, 1.54) is 11.8 Å². The summed E-state index contributed by atoms with van der Waals surface area (Å²) in [5.74, 6) is -0.0420. The third-order valence-corrected chi connectivity index (χ3v) is 6.54. The number of aromatic nitrogens is 3. The monoisotopic (exact) mass is 498 g/mol. The molecule has 9 heteroatoms. The smallest absolute Gasteiger partial charge is 0.262 e. The number of thioether (sulfide) groups is 1. The number of amides is 1. The summed E-state index contributed by atoms with van der Waals surface area (Å²) in [4.78, 5) is 34.5. The summed E-state index contributed by atoms with van der Waals surface area (Å²) in [6.45, 7) is 0.711. The second kappa shape index (κ2) is 10.8. The second-order valence-corrected chi connectivity index (χ2v) is 9.03. The highest BCUT2D eigenvalue weighted by atomic mass is 35.5. The molecule has 0 fully saturated rings. The number of para-hydroxylation sites is 1. The molecular formula is C24H20Cl2N4O2S. The first-order chi connectivity index (χ1) is 16.0. The molecule has 0 saturated heterocycles. The van der Waals surface area contributed by atoms with Crippen LogP contribution in [0.5, 0.6) is 0 Å². The average molecular weight is 499 g/mol. The van der Waals surface area contributed by atoms with Crippen LogP contribution in [0.3, 0.4) is 0 Å². The number of nitrogens with one attached hydrogen (secondary N) is 1. The third kappa shape index (κ3) is 5.93. The number of carbonyl (C=O) groups excluding carboxylic acids is 1. The predicted molar refractivity (Wildman–Crippen MR) is 133 cm³/mol. The number of pyridine rings is 1. The standard InChI is InChI=1S/C24H20Cl2N4O2S/c25-17-9-8-16(20(26)13-17)10-12-30-23(32)19-6-1-2-7-21(19)29-24(30)33-15-22(31)28-14-18-5-3-4-11-27-18/h1-9,11,13H,10,12,14-15H2,(H,28,31). The Hall–Kier alpha value is -2.87. The number of hydrogen-bond acceptors (Lipinski definition) is 5. The van der Waals surface area contributed by atoms with E-state index >= 15 is 0 Å². The Kier molecular flexibility index (Phi) is 7.65. The summed E-state index contributed by atoms with van der Waals surface area (Å²) < 4.78 is 1.60. The topological polar surface area (TPSA) is 76.9 Å². The number of hydrogen-bond donors (Lipinski definition) is 1. The Bertz CT molecular complexity index is 1350. The van der Waals surface area contributed by atoms with Crippen molar-refractivity contribution in [3.8, 4) is 0 Å². The van der Waals surface area contributed by atoms with Gasteiger partial charge in [-0.1, -0.05) is 59.2 Å². The third-order valence-electron chi connectivity index (χ3n) is 4.97. The van der Waals surface area contributed by atoms with E-state index in [0.29, 0.717) is 45.6 Å². The fourth-order valence-electron chi connectivity index (χ4n) is 3.28. The molecule has 168 valence electrons. The van der Waals surface area contributed by atoms with Gasteiger partial charge in [0.25, 0.3) is 5.56 Å². The number of rotatable bonds is 8. The van der Waals surface area contributed by atoms with Gasteiger partial charge in [0.1, 0.15) is 0 Å². The van der Waals surface area contributed by atoms with Crippen molar-refractivity contribution in [2.75, 3.05) is 5.75 Å². The van der Waals surface area contributed by atoms with Crippen LogP contribution in [0.4, 0.5) is 0 Å². The van der Waals surface area contributed by atoms with Crippen molar-refractivity contribution in [1.82, 2.24) is 19.9 Å². The van der Waals surface area contributed by atoms with Crippen LogP contribution in [-0.2, 0) is 24.3 Å². The summed E-state index contributed by atoms with van der Waals surface area (Å²) in [5, 5.41) is 4.96. The van der Waals surface area contributed by atoms with Gasteiger partial charge in [-0.25, -0.2) is 4.98 Å². The van der Waals surface area contributed by atoms with E-state index in [4.69, 9.17) is 23.2 Å². The molecule has 1 N–H and O–H groups in total. The number of aryl methyl sites for hydroxylation is 1. The minimum Gasteiger partial charge on any atom is -0.350 e. The van der Waals surface area contributed by atoms with Crippen molar-refractivity contribution in [2.24, 2.45) is 0 Å². The highest BCUT2D eigenvalue weighted by Gasteiger charge is 2.14. The lowest BCUT2D eigenvalue weighted by atomic mass is 10.1. The first kappa shape index (κ1) is 23.3. The lowest BCUT2D eigenvalue weighted by molar-refractivity contribution is -0.118. The van der Waals surface area contributed by atoms with Gasteiger partial charge < -0.3 is 5.32 Å². The number of halogens is 2. The van der Waals surface area contributed by atoms with Crippen molar-refractivity contribution < 1.29 is 4.79 Å². The quantitative estimate of drug-likeness (QED) is 0.280. The molecule has 4 rings (SSSR count). The van der Waals surface area contributed by atoms with Gasteiger partial charge in [0, 0.05) is 22.8 Å². The van der Waals surface area contributed by atoms with Crippen LogP contribution in [-0.4, -0.2) is 26.2 Å². The molecule has 4 aromatic rings. The lowest BCUT2D eigenvalue weighted by Crippen LogP contribution is -2.27. The lowest BCUT2D eigenvalue weighted by Gasteiger charge is -2.14. The average Bonchev–Trinajstić information content (AvgIpc) is 2.82. The molecule has 0 aliphatic rings. The van der Waals surface area contributed by atoms with E-state index in [1.54, 1.807) is 35.0 Å². The number of carbonyl (C=O) groups is 1. The van der Waals surface area contributed by atoms with E-state index in [0.717, 1.165) is 11.3 Å². The van der Waals surface area contributed by atoms with Crippen molar-refractivity contribution in [3.05, 3.63) is 98.5 Å². The molecule has 0 aliphatic carbocycles. The highest BCUT2D eigenvalue weighted by Crippen LogP contribution is 2.23. The zero-order valence-corrected chi connectivity index (χ0v) is 19.8. The van der Waals surface area contributed by atoms with Gasteiger partial charge >= 0.3 is 0 Å². The number of nitrogens with zero attached hydrogens (tertiary/aromatic N) is 3. The van der Waals surface area contributed by atoms with E-state index < -0.39 is 0 Å². The molecule has 0 unspecified atom stereocenters. The normalized spacial score (nSPS) is 11.0. The Morgan fingerprint density at radius 2 is 1.88 bits per heavy atom. The van der Waals surface area contributed by atoms with Crippen molar-refractivity contribution in [3.63, 3.8) is 0 Å². The molecular weight excluding hydrogens is 479 g/mol. The van der Waals surface area contributed by atoms with Gasteiger partial charge in [0.05, 0.1) is 28.9 Å². The molecule has 1 amide bonds. The van der Waals surface area contributed by atoms with Crippen molar-refractivity contribution in [1.29, 1.82) is 0 Å². The molecule has 0 radical (unpaired) electrons. The molecule has 33 heavy (non-hydrogen) atoms. The summed E-state index contributed by atoms with van der Waals surface area (Å²) in [7, 11) is 0. The molecule has 0 aliphatic heterocycles. The Labute approximate surface area is 205 Å². The van der Waals surface area contributed by atoms with E-state index in [9.17, 15) is 9.59 Å². The van der Waals surface area contributed by atoms with Crippen LogP contribution >= 0.6 is 35.0 Å². The van der Waals surface area contributed by atoms with Crippen LogP contribution in [0.25, 0.3) is 10.9 Å². The molecule has 0 spiro atoms. The van der Waals surface area contributed by atoms with E-state index in [-0.39, 0.29) is 17.2 Å². The van der Waals surface area contributed by atoms with Gasteiger partial charge in [-0.3, -0.25) is 19.1 Å². The maximum absolute atomic E-state index is 13.2. The fraction of sp³-hybridized carbons (Fsp3) is 0.167. The van der Waals surface area contributed by atoms with Crippen LogP contribution in [0.2, 0.25) is 10.0 Å².